The van der Waals surface area contributed by atoms with E-state index in [4.69, 9.17) is 14.2 Å². The molecule has 0 spiro atoms. The Hall–Kier alpha value is -2.12. The molecule has 3 N–H and O–H groups in total. The summed E-state index contributed by atoms with van der Waals surface area (Å²) in [7, 11) is 0. The summed E-state index contributed by atoms with van der Waals surface area (Å²) >= 11 is 0. The second-order valence-electron chi connectivity index (χ2n) is 6.62. The zero-order chi connectivity index (χ0) is 18.1. The Labute approximate surface area is 151 Å². The SMILES string of the molecule is OCC1OC(c2cccc(-c3ccc4c(c3)OCCO4)c2)CC(O)C1O. The summed E-state index contributed by atoms with van der Waals surface area (Å²) in [5.74, 6) is 1.47. The molecule has 2 aromatic rings. The molecular formula is C20H22O6. The van der Waals surface area contributed by atoms with Crippen molar-refractivity contribution in [3.05, 3.63) is 48.0 Å². The van der Waals surface area contributed by atoms with Gasteiger partial charge in [0.05, 0.1) is 18.8 Å². The van der Waals surface area contributed by atoms with Crippen molar-refractivity contribution in [1.82, 2.24) is 0 Å². The fourth-order valence-electron chi connectivity index (χ4n) is 3.46. The molecule has 0 aromatic heterocycles. The summed E-state index contributed by atoms with van der Waals surface area (Å²) in [5, 5.41) is 29.3. The van der Waals surface area contributed by atoms with E-state index in [-0.39, 0.29) is 19.1 Å². The molecule has 6 heteroatoms. The minimum Gasteiger partial charge on any atom is -0.486 e. The molecule has 6 nitrogen and oxygen atoms in total. The van der Waals surface area contributed by atoms with Gasteiger partial charge in [0.15, 0.2) is 11.5 Å². The van der Waals surface area contributed by atoms with Crippen LogP contribution in [-0.4, -0.2) is 53.5 Å². The Balaban J connectivity index is 1.61. The van der Waals surface area contributed by atoms with Crippen molar-refractivity contribution in [2.75, 3.05) is 19.8 Å². The van der Waals surface area contributed by atoms with Crippen LogP contribution in [0, 0.1) is 0 Å². The molecule has 0 bridgehead atoms. The highest BCUT2D eigenvalue weighted by Crippen LogP contribution is 2.37. The molecule has 0 amide bonds. The van der Waals surface area contributed by atoms with Crippen LogP contribution in [-0.2, 0) is 4.74 Å². The number of hydrogen-bond acceptors (Lipinski definition) is 6. The number of hydrogen-bond donors (Lipinski definition) is 3. The van der Waals surface area contributed by atoms with Crippen molar-refractivity contribution in [2.24, 2.45) is 0 Å². The lowest BCUT2D eigenvalue weighted by Crippen LogP contribution is -2.47. The van der Waals surface area contributed by atoms with E-state index >= 15 is 0 Å². The fourth-order valence-corrected chi connectivity index (χ4v) is 3.46. The minimum atomic E-state index is -1.07. The van der Waals surface area contributed by atoms with Crippen molar-refractivity contribution in [1.29, 1.82) is 0 Å². The van der Waals surface area contributed by atoms with Crippen molar-refractivity contribution >= 4 is 0 Å². The molecule has 26 heavy (non-hydrogen) atoms. The zero-order valence-electron chi connectivity index (χ0n) is 14.2. The number of benzene rings is 2. The van der Waals surface area contributed by atoms with Gasteiger partial charge in [0, 0.05) is 6.42 Å². The smallest absolute Gasteiger partial charge is 0.161 e. The predicted octanol–water partition coefficient (Wildman–Crippen LogP) is 1.67. The van der Waals surface area contributed by atoms with E-state index in [1.807, 2.05) is 42.5 Å². The van der Waals surface area contributed by atoms with Crippen LogP contribution in [0.25, 0.3) is 11.1 Å². The van der Waals surface area contributed by atoms with Gasteiger partial charge in [-0.05, 0) is 34.9 Å². The van der Waals surface area contributed by atoms with Crippen LogP contribution in [0.15, 0.2) is 42.5 Å². The van der Waals surface area contributed by atoms with Crippen molar-refractivity contribution in [2.45, 2.75) is 30.8 Å². The zero-order valence-corrected chi connectivity index (χ0v) is 14.2. The van der Waals surface area contributed by atoms with Gasteiger partial charge in [-0.1, -0.05) is 24.3 Å². The fraction of sp³-hybridized carbons (Fsp3) is 0.400. The summed E-state index contributed by atoms with van der Waals surface area (Å²) in [6.07, 6.45) is -2.90. The van der Waals surface area contributed by atoms with Gasteiger partial charge in [0.25, 0.3) is 0 Å². The molecular weight excluding hydrogens is 336 g/mol. The molecule has 4 rings (SSSR count). The monoisotopic (exact) mass is 358 g/mol. The number of ether oxygens (including phenoxy) is 3. The standard InChI is InChI=1S/C20H22O6/c21-11-19-20(23)15(22)10-17(26-19)14-3-1-2-12(8-14)13-4-5-16-18(9-13)25-7-6-24-16/h1-5,8-9,15,17,19-23H,6-7,10-11H2. The maximum atomic E-state index is 10.1. The second-order valence-corrected chi connectivity index (χ2v) is 6.62. The van der Waals surface area contributed by atoms with Crippen LogP contribution >= 0.6 is 0 Å². The van der Waals surface area contributed by atoms with Crippen LogP contribution in [0.2, 0.25) is 0 Å². The maximum Gasteiger partial charge on any atom is 0.161 e. The highest BCUT2D eigenvalue weighted by atomic mass is 16.6. The molecule has 1 saturated heterocycles. The molecule has 2 aromatic carbocycles. The first kappa shape index (κ1) is 17.3. The van der Waals surface area contributed by atoms with Gasteiger partial charge in [-0.2, -0.15) is 0 Å². The van der Waals surface area contributed by atoms with Crippen molar-refractivity contribution in [3.63, 3.8) is 0 Å². The maximum absolute atomic E-state index is 10.1. The molecule has 0 radical (unpaired) electrons. The third-order valence-corrected chi connectivity index (χ3v) is 4.88. The molecule has 4 atom stereocenters. The topological polar surface area (TPSA) is 88.4 Å². The van der Waals surface area contributed by atoms with Gasteiger partial charge in [-0.15, -0.1) is 0 Å². The Kier molecular flexibility index (Phi) is 4.82. The number of aliphatic hydroxyl groups excluding tert-OH is 3. The second kappa shape index (κ2) is 7.25. The van der Waals surface area contributed by atoms with Gasteiger partial charge in [0.1, 0.15) is 25.4 Å². The Morgan fingerprint density at radius 2 is 1.69 bits per heavy atom. The highest BCUT2D eigenvalue weighted by molar-refractivity contribution is 5.68. The first-order valence-corrected chi connectivity index (χ1v) is 8.78. The molecule has 0 saturated carbocycles. The summed E-state index contributed by atoms with van der Waals surface area (Å²) in [6, 6.07) is 13.7. The predicted molar refractivity (Wildman–Crippen MR) is 94.2 cm³/mol. The van der Waals surface area contributed by atoms with E-state index in [1.54, 1.807) is 0 Å². The average molecular weight is 358 g/mol. The summed E-state index contributed by atoms with van der Waals surface area (Å²) in [5.41, 5.74) is 2.87. The van der Waals surface area contributed by atoms with Crippen LogP contribution in [0.3, 0.4) is 0 Å². The Morgan fingerprint density at radius 3 is 2.50 bits per heavy atom. The lowest BCUT2D eigenvalue weighted by Gasteiger charge is -2.36. The van der Waals surface area contributed by atoms with E-state index in [0.29, 0.717) is 13.2 Å². The summed E-state index contributed by atoms with van der Waals surface area (Å²) < 4.78 is 17.0. The van der Waals surface area contributed by atoms with E-state index in [9.17, 15) is 15.3 Å². The van der Waals surface area contributed by atoms with Gasteiger partial charge < -0.3 is 29.5 Å². The van der Waals surface area contributed by atoms with Gasteiger partial charge >= 0.3 is 0 Å². The van der Waals surface area contributed by atoms with Crippen LogP contribution in [0.5, 0.6) is 11.5 Å². The van der Waals surface area contributed by atoms with E-state index in [0.717, 1.165) is 28.2 Å². The van der Waals surface area contributed by atoms with Crippen LogP contribution in [0.4, 0.5) is 0 Å². The summed E-state index contributed by atoms with van der Waals surface area (Å²) in [4.78, 5) is 0. The molecule has 138 valence electrons. The number of aliphatic hydroxyl groups is 3. The van der Waals surface area contributed by atoms with Crippen LogP contribution in [0.1, 0.15) is 18.1 Å². The largest absolute Gasteiger partial charge is 0.486 e. The molecule has 2 heterocycles. The Morgan fingerprint density at radius 1 is 0.923 bits per heavy atom. The molecule has 1 fully saturated rings. The quantitative estimate of drug-likeness (QED) is 0.774. The highest BCUT2D eigenvalue weighted by Gasteiger charge is 2.36. The third-order valence-electron chi connectivity index (χ3n) is 4.88. The Bertz CT molecular complexity index is 777. The van der Waals surface area contributed by atoms with Gasteiger partial charge in [-0.3, -0.25) is 0 Å². The normalized spacial score (nSPS) is 28.0. The lowest BCUT2D eigenvalue weighted by molar-refractivity contribution is -0.181. The van der Waals surface area contributed by atoms with Gasteiger partial charge in [-0.25, -0.2) is 0 Å². The first-order valence-electron chi connectivity index (χ1n) is 8.78. The lowest BCUT2D eigenvalue weighted by atomic mass is 9.92. The third kappa shape index (κ3) is 3.29. The average Bonchev–Trinajstić information content (AvgIpc) is 2.69. The minimum absolute atomic E-state index is 0.280. The van der Waals surface area contributed by atoms with E-state index < -0.39 is 18.3 Å². The van der Waals surface area contributed by atoms with Crippen molar-refractivity contribution in [3.8, 4) is 22.6 Å². The van der Waals surface area contributed by atoms with Gasteiger partial charge in [0.2, 0.25) is 0 Å². The van der Waals surface area contributed by atoms with E-state index in [2.05, 4.69) is 0 Å². The molecule has 2 aliphatic rings. The van der Waals surface area contributed by atoms with Crippen molar-refractivity contribution < 1.29 is 29.5 Å². The molecule has 4 unspecified atom stereocenters. The number of rotatable bonds is 3. The summed E-state index contributed by atoms with van der Waals surface area (Å²) in [6.45, 7) is 0.757. The first-order chi connectivity index (χ1) is 12.7. The number of fused-ring (bicyclic) bond motifs is 1. The van der Waals surface area contributed by atoms with Crippen LogP contribution < -0.4 is 9.47 Å². The molecule has 2 aliphatic heterocycles. The van der Waals surface area contributed by atoms with E-state index in [1.165, 1.54) is 0 Å². The molecule has 0 aliphatic carbocycles.